The van der Waals surface area contributed by atoms with Crippen molar-refractivity contribution < 1.29 is 9.47 Å². The molecule has 1 aliphatic rings. The van der Waals surface area contributed by atoms with Crippen LogP contribution in [0.25, 0.3) is 0 Å². The Balaban J connectivity index is 1.70. The van der Waals surface area contributed by atoms with Crippen molar-refractivity contribution in [3.8, 4) is 11.5 Å². The van der Waals surface area contributed by atoms with Crippen LogP contribution in [0, 0.1) is 5.41 Å². The van der Waals surface area contributed by atoms with Gasteiger partial charge in [-0.05, 0) is 23.8 Å². The molecule has 0 N–H and O–H groups in total. The Morgan fingerprint density at radius 2 is 1.82 bits per heavy atom. The van der Waals surface area contributed by atoms with Crippen molar-refractivity contribution in [1.29, 1.82) is 0 Å². The van der Waals surface area contributed by atoms with E-state index in [9.17, 15) is 0 Å². The largest absolute Gasteiger partial charge is 0.489 e. The topological polar surface area (TPSA) is 18.5 Å². The summed E-state index contributed by atoms with van der Waals surface area (Å²) < 4.78 is 11.9. The van der Waals surface area contributed by atoms with Crippen LogP contribution in [0.5, 0.6) is 11.5 Å². The average Bonchev–Trinajstić information content (AvgIpc) is 2.52. The van der Waals surface area contributed by atoms with Gasteiger partial charge in [-0.15, -0.1) is 0 Å². The zero-order valence-electron chi connectivity index (χ0n) is 13.1. The monoisotopic (exact) mass is 312 g/mol. The number of benzene rings is 2. The van der Waals surface area contributed by atoms with E-state index < -0.39 is 0 Å². The van der Waals surface area contributed by atoms with Crippen molar-refractivity contribution in [2.45, 2.75) is 32.3 Å². The number of rotatable bonds is 3. The molecule has 0 radical (unpaired) electrons. The SMILES string of the molecule is CC(C)(C)C1=CSc2cc(OCc3ccccc3)ccc2O1. The first-order valence-electron chi connectivity index (χ1n) is 7.38. The zero-order valence-corrected chi connectivity index (χ0v) is 13.9. The quantitative estimate of drug-likeness (QED) is 0.731. The molecule has 22 heavy (non-hydrogen) atoms. The van der Waals surface area contributed by atoms with E-state index in [1.54, 1.807) is 11.8 Å². The predicted octanol–water partition coefficient (Wildman–Crippen LogP) is 5.64. The number of ether oxygens (including phenoxy) is 2. The highest BCUT2D eigenvalue weighted by Crippen LogP contribution is 2.42. The van der Waals surface area contributed by atoms with Crippen molar-refractivity contribution in [1.82, 2.24) is 0 Å². The van der Waals surface area contributed by atoms with E-state index in [0.717, 1.165) is 22.2 Å². The minimum atomic E-state index is 0.0210. The molecule has 2 nitrogen and oxygen atoms in total. The second-order valence-electron chi connectivity index (χ2n) is 6.33. The van der Waals surface area contributed by atoms with Gasteiger partial charge in [-0.2, -0.15) is 0 Å². The van der Waals surface area contributed by atoms with Crippen molar-refractivity contribution >= 4 is 11.8 Å². The van der Waals surface area contributed by atoms with E-state index in [1.807, 2.05) is 36.4 Å². The Morgan fingerprint density at radius 3 is 2.55 bits per heavy atom. The first-order chi connectivity index (χ1) is 10.5. The van der Waals surface area contributed by atoms with Gasteiger partial charge in [-0.1, -0.05) is 62.9 Å². The first kappa shape index (κ1) is 15.0. The summed E-state index contributed by atoms with van der Waals surface area (Å²) in [5.41, 5.74) is 1.19. The fourth-order valence-corrected chi connectivity index (χ4v) is 3.13. The van der Waals surface area contributed by atoms with Gasteiger partial charge in [-0.3, -0.25) is 0 Å². The number of hydrogen-bond acceptors (Lipinski definition) is 3. The third-order valence-corrected chi connectivity index (χ3v) is 4.32. The second-order valence-corrected chi connectivity index (χ2v) is 7.25. The van der Waals surface area contributed by atoms with Crippen LogP contribution >= 0.6 is 11.8 Å². The normalized spacial score (nSPS) is 13.9. The summed E-state index contributed by atoms with van der Waals surface area (Å²) in [4.78, 5) is 1.10. The Hall–Kier alpha value is -1.87. The van der Waals surface area contributed by atoms with Gasteiger partial charge in [0.05, 0.1) is 4.90 Å². The molecule has 2 aromatic rings. The van der Waals surface area contributed by atoms with Gasteiger partial charge >= 0.3 is 0 Å². The van der Waals surface area contributed by atoms with Gasteiger partial charge < -0.3 is 9.47 Å². The van der Waals surface area contributed by atoms with E-state index in [0.29, 0.717) is 6.61 Å². The molecule has 114 valence electrons. The number of fused-ring (bicyclic) bond motifs is 1. The standard InChI is InChI=1S/C19H20O2S/c1-19(2,3)18-13-22-17-11-15(9-10-16(17)21-18)20-12-14-7-5-4-6-8-14/h4-11,13H,12H2,1-3H3. The Labute approximate surface area is 136 Å². The van der Waals surface area contributed by atoms with Crippen LogP contribution in [0.3, 0.4) is 0 Å². The molecule has 0 aromatic heterocycles. The summed E-state index contributed by atoms with van der Waals surface area (Å²) in [6.45, 7) is 7.04. The zero-order chi connectivity index (χ0) is 15.6. The van der Waals surface area contributed by atoms with Crippen molar-refractivity contribution in [3.05, 3.63) is 65.3 Å². The molecular formula is C19H20O2S. The van der Waals surface area contributed by atoms with Crippen LogP contribution in [0.2, 0.25) is 0 Å². The highest BCUT2D eigenvalue weighted by molar-refractivity contribution is 8.02. The molecule has 3 heteroatoms. The van der Waals surface area contributed by atoms with Crippen LogP contribution in [-0.4, -0.2) is 0 Å². The lowest BCUT2D eigenvalue weighted by atomic mass is 9.95. The molecule has 0 unspecified atom stereocenters. The maximum absolute atomic E-state index is 6.00. The summed E-state index contributed by atoms with van der Waals surface area (Å²) in [5.74, 6) is 2.78. The fourth-order valence-electron chi connectivity index (χ4n) is 2.08. The molecule has 1 heterocycles. The smallest absolute Gasteiger partial charge is 0.141 e. The third-order valence-electron chi connectivity index (χ3n) is 3.42. The van der Waals surface area contributed by atoms with Crippen molar-refractivity contribution in [3.63, 3.8) is 0 Å². The van der Waals surface area contributed by atoms with Gasteiger partial charge in [-0.25, -0.2) is 0 Å². The summed E-state index contributed by atoms with van der Waals surface area (Å²) in [6.07, 6.45) is 0. The fraction of sp³-hybridized carbons (Fsp3) is 0.263. The lowest BCUT2D eigenvalue weighted by molar-refractivity contribution is 0.284. The third kappa shape index (κ3) is 3.47. The maximum atomic E-state index is 6.00. The van der Waals surface area contributed by atoms with E-state index >= 15 is 0 Å². The molecule has 0 aliphatic carbocycles. The molecule has 0 spiro atoms. The number of allylic oxidation sites excluding steroid dienone is 1. The molecule has 3 rings (SSSR count). The van der Waals surface area contributed by atoms with Gasteiger partial charge in [0.1, 0.15) is 23.9 Å². The van der Waals surface area contributed by atoms with Crippen LogP contribution < -0.4 is 9.47 Å². The number of hydrogen-bond donors (Lipinski definition) is 0. The molecule has 0 atom stereocenters. The summed E-state index contributed by atoms with van der Waals surface area (Å²) >= 11 is 1.69. The molecular weight excluding hydrogens is 292 g/mol. The second kappa shape index (κ2) is 6.09. The Kier molecular flexibility index (Phi) is 4.16. The minimum Gasteiger partial charge on any atom is -0.489 e. The predicted molar refractivity (Wildman–Crippen MR) is 91.2 cm³/mol. The van der Waals surface area contributed by atoms with Crippen molar-refractivity contribution in [2.24, 2.45) is 5.41 Å². The van der Waals surface area contributed by atoms with Crippen molar-refractivity contribution in [2.75, 3.05) is 0 Å². The molecule has 0 saturated heterocycles. The molecule has 0 fully saturated rings. The molecule has 0 amide bonds. The van der Waals surface area contributed by atoms with Crippen LogP contribution in [0.15, 0.2) is 64.6 Å². The lowest BCUT2D eigenvalue weighted by Crippen LogP contribution is -2.16. The van der Waals surface area contributed by atoms with E-state index in [4.69, 9.17) is 9.47 Å². The summed E-state index contributed by atoms with van der Waals surface area (Å²) in [5, 5.41) is 2.09. The molecule has 0 bridgehead atoms. The summed E-state index contributed by atoms with van der Waals surface area (Å²) in [7, 11) is 0. The summed E-state index contributed by atoms with van der Waals surface area (Å²) in [6, 6.07) is 16.2. The lowest BCUT2D eigenvalue weighted by Gasteiger charge is -2.27. The average molecular weight is 312 g/mol. The van der Waals surface area contributed by atoms with Gasteiger partial charge in [0.15, 0.2) is 0 Å². The van der Waals surface area contributed by atoms with Gasteiger partial charge in [0.25, 0.3) is 0 Å². The number of thioether (sulfide) groups is 1. The first-order valence-corrected chi connectivity index (χ1v) is 8.26. The van der Waals surface area contributed by atoms with Crippen LogP contribution in [0.1, 0.15) is 26.3 Å². The highest BCUT2D eigenvalue weighted by Gasteiger charge is 2.24. The van der Waals surface area contributed by atoms with E-state index in [2.05, 4.69) is 38.3 Å². The van der Waals surface area contributed by atoms with Gasteiger partial charge in [0.2, 0.25) is 0 Å². The van der Waals surface area contributed by atoms with Crippen LogP contribution in [-0.2, 0) is 6.61 Å². The highest BCUT2D eigenvalue weighted by atomic mass is 32.2. The maximum Gasteiger partial charge on any atom is 0.141 e. The van der Waals surface area contributed by atoms with E-state index in [1.165, 1.54) is 5.56 Å². The van der Waals surface area contributed by atoms with Gasteiger partial charge in [0, 0.05) is 10.8 Å². The van der Waals surface area contributed by atoms with Crippen LogP contribution in [0.4, 0.5) is 0 Å². The minimum absolute atomic E-state index is 0.0210. The molecule has 1 aliphatic heterocycles. The molecule has 2 aromatic carbocycles. The Morgan fingerprint density at radius 1 is 1.05 bits per heavy atom. The van der Waals surface area contributed by atoms with E-state index in [-0.39, 0.29) is 5.41 Å². The Bertz CT molecular complexity index is 684. The molecule has 0 saturated carbocycles.